The zero-order valence-electron chi connectivity index (χ0n) is 10.3. The summed E-state index contributed by atoms with van der Waals surface area (Å²) in [5, 5.41) is 0. The van der Waals surface area contributed by atoms with Gasteiger partial charge >= 0.3 is 0 Å². The lowest BCUT2D eigenvalue weighted by molar-refractivity contribution is 0.410. The van der Waals surface area contributed by atoms with E-state index in [-0.39, 0.29) is 6.04 Å². The quantitative estimate of drug-likeness (QED) is 0.896. The fourth-order valence-corrected chi connectivity index (χ4v) is 2.58. The summed E-state index contributed by atoms with van der Waals surface area (Å²) in [5.74, 6) is 1.16. The summed E-state index contributed by atoms with van der Waals surface area (Å²) in [6, 6.07) is 10.4. The molecular weight excluding hydrogens is 224 g/mol. The van der Waals surface area contributed by atoms with Crippen molar-refractivity contribution in [2.75, 3.05) is 7.11 Å². The fraction of sp³-hybridized carbons (Fsp3) is 0.267. The molecule has 1 heterocycles. The summed E-state index contributed by atoms with van der Waals surface area (Å²) in [7, 11) is 1.64. The number of nitrogens with zero attached hydrogens (tertiary/aromatic N) is 1. The van der Waals surface area contributed by atoms with Crippen LogP contribution in [-0.4, -0.2) is 12.1 Å². The summed E-state index contributed by atoms with van der Waals surface area (Å²) in [6.45, 7) is 0. The Morgan fingerprint density at radius 1 is 1.33 bits per heavy atom. The molecule has 1 aromatic heterocycles. The van der Waals surface area contributed by atoms with E-state index in [0.717, 1.165) is 17.7 Å². The Bertz CT molecular complexity index is 568. The van der Waals surface area contributed by atoms with Gasteiger partial charge in [0.15, 0.2) is 0 Å². The molecule has 0 bridgehead atoms. The lowest BCUT2D eigenvalue weighted by Crippen LogP contribution is -2.29. The number of nitrogens with two attached hydrogens (primary N) is 1. The van der Waals surface area contributed by atoms with E-state index in [1.807, 2.05) is 12.3 Å². The molecule has 1 aliphatic rings. The van der Waals surface area contributed by atoms with Crippen molar-refractivity contribution in [1.29, 1.82) is 0 Å². The number of pyridine rings is 1. The molecule has 3 rings (SSSR count). The van der Waals surface area contributed by atoms with Crippen molar-refractivity contribution >= 4 is 0 Å². The van der Waals surface area contributed by atoms with Crippen LogP contribution in [0.15, 0.2) is 42.7 Å². The fourth-order valence-electron chi connectivity index (χ4n) is 2.58. The van der Waals surface area contributed by atoms with Crippen LogP contribution in [0.3, 0.4) is 0 Å². The molecule has 2 aromatic rings. The molecule has 1 aliphatic carbocycles. The average Bonchev–Trinajstić information content (AvgIpc) is 2.40. The van der Waals surface area contributed by atoms with Gasteiger partial charge < -0.3 is 10.5 Å². The van der Waals surface area contributed by atoms with Gasteiger partial charge in [-0.05, 0) is 29.2 Å². The van der Waals surface area contributed by atoms with Crippen molar-refractivity contribution in [3.05, 3.63) is 59.4 Å². The number of ether oxygens (including phenoxy) is 1. The molecule has 0 saturated carbocycles. The second-order valence-corrected chi connectivity index (χ2v) is 4.69. The van der Waals surface area contributed by atoms with Crippen LogP contribution in [0.5, 0.6) is 5.75 Å². The molecular formula is C15H16N2O. The van der Waals surface area contributed by atoms with E-state index in [2.05, 4.69) is 29.2 Å². The lowest BCUT2D eigenvalue weighted by atomic mass is 9.72. The number of hydrogen-bond donors (Lipinski definition) is 1. The van der Waals surface area contributed by atoms with Crippen LogP contribution >= 0.6 is 0 Å². The first-order valence-electron chi connectivity index (χ1n) is 6.12. The summed E-state index contributed by atoms with van der Waals surface area (Å²) in [6.07, 6.45) is 4.58. The van der Waals surface area contributed by atoms with Gasteiger partial charge in [0.2, 0.25) is 0 Å². The highest BCUT2D eigenvalue weighted by atomic mass is 16.5. The van der Waals surface area contributed by atoms with E-state index in [1.165, 1.54) is 11.1 Å². The van der Waals surface area contributed by atoms with E-state index in [9.17, 15) is 0 Å². The molecule has 0 aliphatic heterocycles. The summed E-state index contributed by atoms with van der Waals surface area (Å²) >= 11 is 0. The van der Waals surface area contributed by atoms with Gasteiger partial charge in [0.05, 0.1) is 13.3 Å². The molecule has 0 radical (unpaired) electrons. The van der Waals surface area contributed by atoms with Crippen LogP contribution in [0, 0.1) is 0 Å². The molecule has 0 fully saturated rings. The average molecular weight is 240 g/mol. The van der Waals surface area contributed by atoms with E-state index in [4.69, 9.17) is 10.5 Å². The van der Waals surface area contributed by atoms with Gasteiger partial charge in [0.1, 0.15) is 5.75 Å². The third-order valence-corrected chi connectivity index (χ3v) is 3.68. The normalized spacial score (nSPS) is 18.7. The van der Waals surface area contributed by atoms with Crippen molar-refractivity contribution in [1.82, 2.24) is 4.98 Å². The molecule has 3 nitrogen and oxygen atoms in total. The van der Waals surface area contributed by atoms with Gasteiger partial charge in [-0.2, -0.15) is 0 Å². The number of methoxy groups -OCH3 is 1. The van der Waals surface area contributed by atoms with Crippen molar-refractivity contribution in [2.45, 2.75) is 18.4 Å². The predicted octanol–water partition coefficient (Wildman–Crippen LogP) is 2.43. The molecule has 0 saturated heterocycles. The zero-order chi connectivity index (χ0) is 12.5. The Morgan fingerprint density at radius 3 is 2.94 bits per heavy atom. The Hall–Kier alpha value is -1.87. The minimum Gasteiger partial charge on any atom is -0.495 e. The van der Waals surface area contributed by atoms with Crippen LogP contribution in [0.4, 0.5) is 0 Å². The first-order valence-corrected chi connectivity index (χ1v) is 6.12. The Balaban J connectivity index is 1.86. The summed E-state index contributed by atoms with van der Waals surface area (Å²) in [5.41, 5.74) is 10.2. The molecule has 3 heteroatoms. The monoisotopic (exact) mass is 240 g/mol. The SMILES string of the molecule is COc1cncc(C(N)C2Cc3ccccc32)c1. The smallest absolute Gasteiger partial charge is 0.137 e. The van der Waals surface area contributed by atoms with E-state index in [1.54, 1.807) is 13.3 Å². The number of aromatic nitrogens is 1. The maximum Gasteiger partial charge on any atom is 0.137 e. The van der Waals surface area contributed by atoms with E-state index in [0.29, 0.717) is 5.92 Å². The van der Waals surface area contributed by atoms with Crippen LogP contribution < -0.4 is 10.5 Å². The van der Waals surface area contributed by atoms with Crippen molar-refractivity contribution in [3.63, 3.8) is 0 Å². The minimum absolute atomic E-state index is 0.0116. The minimum atomic E-state index is -0.0116. The summed E-state index contributed by atoms with van der Waals surface area (Å²) < 4.78 is 5.19. The number of rotatable bonds is 3. The van der Waals surface area contributed by atoms with Crippen LogP contribution in [0.1, 0.15) is 28.7 Å². The first kappa shape index (κ1) is 11.2. The van der Waals surface area contributed by atoms with Crippen LogP contribution in [0.2, 0.25) is 0 Å². The van der Waals surface area contributed by atoms with Gasteiger partial charge in [0.25, 0.3) is 0 Å². The predicted molar refractivity (Wildman–Crippen MR) is 70.6 cm³/mol. The van der Waals surface area contributed by atoms with Gasteiger partial charge in [-0.3, -0.25) is 4.98 Å². The first-order chi connectivity index (χ1) is 8.79. The highest BCUT2D eigenvalue weighted by Crippen LogP contribution is 2.42. The molecule has 0 spiro atoms. The number of benzene rings is 1. The standard InChI is InChI=1S/C15H16N2O/c1-18-12-6-11(8-17-9-12)15(16)14-7-10-4-2-3-5-13(10)14/h2-6,8-9,14-15H,7,16H2,1H3. The Labute approximate surface area is 107 Å². The van der Waals surface area contributed by atoms with Gasteiger partial charge in [0, 0.05) is 18.2 Å². The second kappa shape index (κ2) is 4.42. The van der Waals surface area contributed by atoms with Crippen molar-refractivity contribution in [2.24, 2.45) is 5.73 Å². The van der Waals surface area contributed by atoms with Crippen molar-refractivity contribution in [3.8, 4) is 5.75 Å². The maximum absolute atomic E-state index is 6.34. The third kappa shape index (κ3) is 1.77. The maximum atomic E-state index is 6.34. The van der Waals surface area contributed by atoms with Crippen LogP contribution in [0.25, 0.3) is 0 Å². The van der Waals surface area contributed by atoms with Gasteiger partial charge in [-0.1, -0.05) is 24.3 Å². The van der Waals surface area contributed by atoms with Gasteiger partial charge in [-0.15, -0.1) is 0 Å². The van der Waals surface area contributed by atoms with Crippen molar-refractivity contribution < 1.29 is 4.74 Å². The van der Waals surface area contributed by atoms with E-state index < -0.39 is 0 Å². The highest BCUT2D eigenvalue weighted by molar-refractivity contribution is 5.43. The highest BCUT2D eigenvalue weighted by Gasteiger charge is 2.31. The molecule has 0 amide bonds. The Kier molecular flexibility index (Phi) is 2.76. The molecule has 18 heavy (non-hydrogen) atoms. The zero-order valence-corrected chi connectivity index (χ0v) is 10.3. The molecule has 1 aromatic carbocycles. The largest absolute Gasteiger partial charge is 0.495 e. The number of fused-ring (bicyclic) bond motifs is 1. The molecule has 2 atom stereocenters. The van der Waals surface area contributed by atoms with E-state index >= 15 is 0 Å². The Morgan fingerprint density at radius 2 is 2.17 bits per heavy atom. The third-order valence-electron chi connectivity index (χ3n) is 3.68. The topological polar surface area (TPSA) is 48.1 Å². The number of hydrogen-bond acceptors (Lipinski definition) is 3. The molecule has 92 valence electrons. The van der Waals surface area contributed by atoms with Crippen LogP contribution in [-0.2, 0) is 6.42 Å². The second-order valence-electron chi connectivity index (χ2n) is 4.69. The molecule has 2 N–H and O–H groups in total. The lowest BCUT2D eigenvalue weighted by Gasteiger charge is -2.34. The van der Waals surface area contributed by atoms with Gasteiger partial charge in [-0.25, -0.2) is 0 Å². The summed E-state index contributed by atoms with van der Waals surface area (Å²) in [4.78, 5) is 4.17. The molecule has 2 unspecified atom stereocenters.